The molecule has 2 aliphatic rings. The van der Waals surface area contributed by atoms with E-state index in [0.29, 0.717) is 0 Å². The third-order valence-corrected chi connectivity index (χ3v) is 4.70. The van der Waals surface area contributed by atoms with E-state index in [1.807, 2.05) is 11.3 Å². The van der Waals surface area contributed by atoms with Gasteiger partial charge >= 0.3 is 0 Å². The monoisotopic (exact) mass is 250 g/mol. The Morgan fingerprint density at radius 1 is 1.35 bits per heavy atom. The molecule has 1 aliphatic heterocycles. The van der Waals surface area contributed by atoms with Gasteiger partial charge in [-0.15, -0.1) is 11.3 Å². The minimum absolute atomic E-state index is 0.864. The van der Waals surface area contributed by atoms with Crippen LogP contribution >= 0.6 is 11.3 Å². The zero-order valence-corrected chi connectivity index (χ0v) is 11.2. The van der Waals surface area contributed by atoms with Gasteiger partial charge in [0.1, 0.15) is 0 Å². The summed E-state index contributed by atoms with van der Waals surface area (Å²) in [5.41, 5.74) is 0. The minimum atomic E-state index is 0.864. The average molecular weight is 250 g/mol. The number of nitrogens with zero attached hydrogens (tertiary/aromatic N) is 1. The maximum atomic E-state index is 3.68. The highest BCUT2D eigenvalue weighted by Gasteiger charge is 2.24. The van der Waals surface area contributed by atoms with Gasteiger partial charge in [-0.1, -0.05) is 6.07 Å². The molecule has 0 aromatic carbocycles. The molecule has 1 saturated carbocycles. The number of nitrogens with one attached hydrogen (secondary N) is 1. The highest BCUT2D eigenvalue weighted by atomic mass is 32.1. The van der Waals surface area contributed by atoms with Crippen molar-refractivity contribution in [2.24, 2.45) is 5.92 Å². The van der Waals surface area contributed by atoms with Gasteiger partial charge in [0, 0.05) is 24.0 Å². The fourth-order valence-corrected chi connectivity index (χ4v) is 3.45. The average Bonchev–Trinajstić information content (AvgIpc) is 3.05. The molecule has 2 fully saturated rings. The van der Waals surface area contributed by atoms with Crippen LogP contribution in [-0.2, 0) is 6.54 Å². The van der Waals surface area contributed by atoms with Gasteiger partial charge in [-0.05, 0) is 56.1 Å². The molecule has 3 rings (SSSR count). The van der Waals surface area contributed by atoms with Crippen molar-refractivity contribution in [2.75, 3.05) is 19.6 Å². The summed E-state index contributed by atoms with van der Waals surface area (Å²) in [6, 6.07) is 5.29. The van der Waals surface area contributed by atoms with Crippen LogP contribution in [0.3, 0.4) is 0 Å². The van der Waals surface area contributed by atoms with Crippen LogP contribution in [0.5, 0.6) is 0 Å². The Bertz CT molecular complexity index is 332. The molecule has 1 N–H and O–H groups in total. The fourth-order valence-electron chi connectivity index (χ4n) is 2.71. The van der Waals surface area contributed by atoms with E-state index in [9.17, 15) is 0 Å². The highest BCUT2D eigenvalue weighted by Crippen LogP contribution is 2.22. The summed E-state index contributed by atoms with van der Waals surface area (Å²) in [6.45, 7) is 4.98. The quantitative estimate of drug-likeness (QED) is 0.864. The van der Waals surface area contributed by atoms with E-state index in [4.69, 9.17) is 0 Å². The molecular formula is C14H22N2S. The molecule has 0 bridgehead atoms. The molecular weight excluding hydrogens is 228 g/mol. The summed E-state index contributed by atoms with van der Waals surface area (Å²) >= 11 is 1.89. The summed E-state index contributed by atoms with van der Waals surface area (Å²) in [6.07, 6.45) is 5.61. The first-order chi connectivity index (χ1) is 8.40. The summed E-state index contributed by atoms with van der Waals surface area (Å²) in [5, 5.41) is 5.87. The van der Waals surface area contributed by atoms with Gasteiger partial charge in [-0.25, -0.2) is 0 Å². The van der Waals surface area contributed by atoms with Crippen LogP contribution in [0.1, 0.15) is 30.6 Å². The van der Waals surface area contributed by atoms with Gasteiger partial charge in [-0.2, -0.15) is 0 Å². The van der Waals surface area contributed by atoms with Crippen molar-refractivity contribution in [2.45, 2.75) is 38.3 Å². The molecule has 1 atom stereocenters. The Balaban J connectivity index is 1.45. The lowest BCUT2D eigenvalue weighted by molar-refractivity contribution is 0.166. The fraction of sp³-hybridized carbons (Fsp3) is 0.714. The minimum Gasteiger partial charge on any atom is -0.314 e. The predicted molar refractivity (Wildman–Crippen MR) is 73.3 cm³/mol. The zero-order valence-electron chi connectivity index (χ0n) is 10.4. The Kier molecular flexibility index (Phi) is 3.79. The van der Waals surface area contributed by atoms with Crippen molar-refractivity contribution < 1.29 is 0 Å². The van der Waals surface area contributed by atoms with Crippen molar-refractivity contribution in [3.63, 3.8) is 0 Å². The van der Waals surface area contributed by atoms with E-state index in [-0.39, 0.29) is 0 Å². The number of hydrogen-bond acceptors (Lipinski definition) is 3. The van der Waals surface area contributed by atoms with Crippen LogP contribution in [0.2, 0.25) is 0 Å². The molecule has 1 aliphatic carbocycles. The third kappa shape index (κ3) is 3.54. The van der Waals surface area contributed by atoms with Gasteiger partial charge < -0.3 is 5.32 Å². The van der Waals surface area contributed by atoms with Crippen molar-refractivity contribution in [1.82, 2.24) is 10.2 Å². The lowest BCUT2D eigenvalue weighted by atomic mass is 9.98. The Morgan fingerprint density at radius 3 is 3.06 bits per heavy atom. The summed E-state index contributed by atoms with van der Waals surface area (Å²) in [4.78, 5) is 4.15. The smallest absolute Gasteiger partial charge is 0.0328 e. The summed E-state index contributed by atoms with van der Waals surface area (Å²) in [7, 11) is 0. The number of piperidine rings is 1. The maximum Gasteiger partial charge on any atom is 0.0328 e. The van der Waals surface area contributed by atoms with Crippen LogP contribution < -0.4 is 5.32 Å². The molecule has 1 aromatic rings. The molecule has 1 aromatic heterocycles. The molecule has 1 saturated heterocycles. The molecule has 0 spiro atoms. The van der Waals surface area contributed by atoms with E-state index < -0.39 is 0 Å². The van der Waals surface area contributed by atoms with Gasteiger partial charge in [-0.3, -0.25) is 4.90 Å². The lowest BCUT2D eigenvalue weighted by Crippen LogP contribution is -2.39. The van der Waals surface area contributed by atoms with Gasteiger partial charge in [0.2, 0.25) is 0 Å². The Labute approximate surface area is 108 Å². The van der Waals surface area contributed by atoms with Gasteiger partial charge in [0.15, 0.2) is 0 Å². The van der Waals surface area contributed by atoms with Crippen molar-refractivity contribution >= 4 is 11.3 Å². The van der Waals surface area contributed by atoms with Crippen LogP contribution in [0, 0.1) is 5.92 Å². The van der Waals surface area contributed by atoms with E-state index >= 15 is 0 Å². The number of hydrogen-bond donors (Lipinski definition) is 1. The second-order valence-electron chi connectivity index (χ2n) is 5.51. The summed E-state index contributed by atoms with van der Waals surface area (Å²) in [5.74, 6) is 0.879. The topological polar surface area (TPSA) is 15.3 Å². The van der Waals surface area contributed by atoms with Crippen molar-refractivity contribution in [3.05, 3.63) is 22.4 Å². The molecule has 3 heteroatoms. The van der Waals surface area contributed by atoms with Crippen LogP contribution in [0.15, 0.2) is 17.5 Å². The number of thiophene rings is 1. The second kappa shape index (κ2) is 5.51. The lowest BCUT2D eigenvalue weighted by Gasteiger charge is -2.32. The second-order valence-corrected chi connectivity index (χ2v) is 6.54. The van der Waals surface area contributed by atoms with E-state index in [1.165, 1.54) is 50.2 Å². The Hall–Kier alpha value is -0.380. The SMILES string of the molecule is c1csc(CN2CCCC(CNC3CC3)C2)c1. The molecule has 2 nitrogen and oxygen atoms in total. The van der Waals surface area contributed by atoms with Crippen LogP contribution in [0.4, 0.5) is 0 Å². The van der Waals surface area contributed by atoms with Gasteiger partial charge in [0.05, 0.1) is 0 Å². The molecule has 2 heterocycles. The molecule has 0 radical (unpaired) electrons. The van der Waals surface area contributed by atoms with E-state index in [2.05, 4.69) is 27.7 Å². The number of rotatable bonds is 5. The van der Waals surface area contributed by atoms with Crippen LogP contribution in [0.25, 0.3) is 0 Å². The van der Waals surface area contributed by atoms with Crippen molar-refractivity contribution in [1.29, 1.82) is 0 Å². The highest BCUT2D eigenvalue weighted by molar-refractivity contribution is 7.09. The normalized spacial score (nSPS) is 26.2. The maximum absolute atomic E-state index is 3.68. The Morgan fingerprint density at radius 2 is 2.29 bits per heavy atom. The van der Waals surface area contributed by atoms with Crippen molar-refractivity contribution in [3.8, 4) is 0 Å². The number of likely N-dealkylation sites (tertiary alicyclic amines) is 1. The first-order valence-electron chi connectivity index (χ1n) is 6.88. The predicted octanol–water partition coefficient (Wildman–Crippen LogP) is 2.71. The van der Waals surface area contributed by atoms with E-state index in [1.54, 1.807) is 0 Å². The van der Waals surface area contributed by atoms with Gasteiger partial charge in [0.25, 0.3) is 0 Å². The third-order valence-electron chi connectivity index (χ3n) is 3.84. The molecule has 94 valence electrons. The molecule has 1 unspecified atom stereocenters. The first-order valence-corrected chi connectivity index (χ1v) is 7.76. The molecule has 17 heavy (non-hydrogen) atoms. The standard InChI is InChI=1S/C14H22N2S/c1-3-12(9-15-13-5-6-13)10-16(7-1)11-14-4-2-8-17-14/h2,4,8,12-13,15H,1,3,5-7,9-11H2. The zero-order chi connectivity index (χ0) is 11.5. The van der Waals surface area contributed by atoms with Crippen LogP contribution in [-0.4, -0.2) is 30.6 Å². The molecule has 0 amide bonds. The summed E-state index contributed by atoms with van der Waals surface area (Å²) < 4.78 is 0. The largest absolute Gasteiger partial charge is 0.314 e. The van der Waals surface area contributed by atoms with E-state index in [0.717, 1.165) is 18.5 Å². The first kappa shape index (κ1) is 11.7.